The summed E-state index contributed by atoms with van der Waals surface area (Å²) in [6.45, 7) is 36.6. The molecule has 0 aliphatic carbocycles. The highest BCUT2D eigenvalue weighted by Crippen LogP contribution is 2.38. The molecule has 88 heavy (non-hydrogen) atoms. The summed E-state index contributed by atoms with van der Waals surface area (Å²) in [5.41, 5.74) is 4.53. The number of furan rings is 3. The van der Waals surface area contributed by atoms with Gasteiger partial charge in [0.15, 0.2) is 0 Å². The summed E-state index contributed by atoms with van der Waals surface area (Å²) in [6, 6.07) is 45.2. The van der Waals surface area contributed by atoms with E-state index >= 15 is 0 Å². The zero-order valence-electron chi connectivity index (χ0n) is 54.0. The number of aryl methyl sites for hydroxylation is 2. The molecule has 9 rings (SSSR count). The van der Waals surface area contributed by atoms with Crippen LogP contribution in [-0.4, -0.2) is 4.92 Å². The number of fused-ring (bicyclic) bond motifs is 1. The number of nitro benzene ring substituents is 1. The SMILES string of the molecule is CC(C)c1cc2ccccc2o1.CC(C)c1ccc(Cl)cc1F.CC(C)c1ccc([N+](=O)[O-])c(C(F)(F)F)c1.CC(C)c1cccc(Cl)c1.CC(C)c1cccc(Cl)c1F.CC(C)c1ccco1.Cc1cc(C(C)C)ccc1Cl.Cc1ccc(C(C)C)o1. The molecule has 0 saturated carbocycles. The van der Waals surface area contributed by atoms with Crippen LogP contribution in [0.2, 0.25) is 20.1 Å². The summed E-state index contributed by atoms with van der Waals surface area (Å²) in [7, 11) is 0. The second-order valence-electron chi connectivity index (χ2n) is 23.3. The smallest absolute Gasteiger partial charge is 0.423 e. The quantitative estimate of drug-likeness (QED) is 0.0817. The Morgan fingerprint density at radius 2 is 1.00 bits per heavy atom. The fourth-order valence-electron chi connectivity index (χ4n) is 7.80. The van der Waals surface area contributed by atoms with Crippen molar-refractivity contribution in [2.24, 2.45) is 0 Å². The van der Waals surface area contributed by atoms with Crippen LogP contribution in [-0.2, 0) is 6.18 Å². The van der Waals surface area contributed by atoms with Crippen LogP contribution in [0.25, 0.3) is 11.0 Å². The van der Waals surface area contributed by atoms with Crippen LogP contribution < -0.4 is 0 Å². The van der Waals surface area contributed by atoms with E-state index in [1.54, 1.807) is 50.4 Å². The van der Waals surface area contributed by atoms with Crippen molar-refractivity contribution in [2.45, 2.75) is 178 Å². The molecule has 15 heteroatoms. The van der Waals surface area contributed by atoms with Gasteiger partial charge in [-0.15, -0.1) is 0 Å². The van der Waals surface area contributed by atoms with Crippen LogP contribution in [0.15, 0.2) is 171 Å². The maximum atomic E-state index is 13.1. The lowest BCUT2D eigenvalue weighted by molar-refractivity contribution is -0.388. The van der Waals surface area contributed by atoms with Crippen molar-refractivity contribution in [3.8, 4) is 0 Å². The number of alkyl halides is 3. The Labute approximate surface area is 539 Å². The van der Waals surface area contributed by atoms with Gasteiger partial charge in [-0.1, -0.05) is 224 Å². The summed E-state index contributed by atoms with van der Waals surface area (Å²) in [5.74, 6) is 6.65. The molecular formula is C73H88Cl4F5NO5. The lowest BCUT2D eigenvalue weighted by Gasteiger charge is -2.11. The largest absolute Gasteiger partial charge is 0.469 e. The fraction of sp³-hybridized carbons (Fsp3) is 0.370. The third-order valence-corrected chi connectivity index (χ3v) is 14.4. The van der Waals surface area contributed by atoms with Crippen LogP contribution in [0.5, 0.6) is 0 Å². The maximum absolute atomic E-state index is 13.1. The topological polar surface area (TPSA) is 82.6 Å². The Hall–Kier alpha value is -6.37. The van der Waals surface area contributed by atoms with Gasteiger partial charge in [0.05, 0.1) is 16.2 Å². The van der Waals surface area contributed by atoms with Crippen molar-refractivity contribution < 1.29 is 40.1 Å². The standard InChI is InChI=1S/C11H12O.C10H13Cl.C10H10F3NO2.2C9H10ClF.C9H11Cl.C8H12O.C7H10O/c1-8(2)11-7-9-5-3-4-6-10(9)12-11;1-7(2)9-4-5-10(11)8(3)6-9;1-6(2)7-3-4-9(14(15)16)8(5-7)10(11,12)13;1-6(2)8-4-3-7(10)5-9(8)11;1-6(2)7-4-3-5-8(10)9(7)11;1-7(2)8-4-3-5-9(10)6-8;1-6(2)8-5-4-7(3)9-8;1-6(2)7-4-3-5-8-7/h3-8H,1-2H3;4-7H,1-3H3;3-6H,1-2H3;2*3-6H,1-2H3;3-7H,1-2H3;4-6H,1-3H3;3-6H,1-2H3. The number of hydrogen-bond acceptors (Lipinski definition) is 5. The van der Waals surface area contributed by atoms with Crippen molar-refractivity contribution in [3.63, 3.8) is 0 Å². The molecule has 9 aromatic rings. The van der Waals surface area contributed by atoms with Gasteiger partial charge in [-0.2, -0.15) is 13.2 Å². The molecule has 0 amide bonds. The van der Waals surface area contributed by atoms with Crippen LogP contribution in [0.1, 0.15) is 220 Å². The van der Waals surface area contributed by atoms with Crippen molar-refractivity contribution in [3.05, 3.63) is 262 Å². The Morgan fingerprint density at radius 1 is 0.455 bits per heavy atom. The van der Waals surface area contributed by atoms with E-state index in [1.165, 1.54) is 28.6 Å². The van der Waals surface area contributed by atoms with Gasteiger partial charge in [0.2, 0.25) is 0 Å². The van der Waals surface area contributed by atoms with Gasteiger partial charge in [0.1, 0.15) is 45.8 Å². The highest BCUT2D eigenvalue weighted by molar-refractivity contribution is 6.31. The van der Waals surface area contributed by atoms with E-state index in [4.69, 9.17) is 59.7 Å². The molecule has 6 aromatic carbocycles. The van der Waals surface area contributed by atoms with E-state index in [-0.39, 0.29) is 34.4 Å². The number of nitro groups is 1. The zero-order chi connectivity index (χ0) is 66.7. The maximum Gasteiger partial charge on any atom is 0.423 e. The highest BCUT2D eigenvalue weighted by atomic mass is 35.5. The third-order valence-electron chi connectivity index (χ3n) is 13.2. The van der Waals surface area contributed by atoms with Gasteiger partial charge in [-0.05, 0) is 156 Å². The summed E-state index contributed by atoms with van der Waals surface area (Å²) >= 11 is 22.8. The fourth-order valence-corrected chi connectivity index (χ4v) is 8.46. The lowest BCUT2D eigenvalue weighted by atomic mass is 9.99. The van der Waals surface area contributed by atoms with Crippen molar-refractivity contribution in [1.29, 1.82) is 0 Å². The summed E-state index contributed by atoms with van der Waals surface area (Å²) in [5, 5.41) is 14.0. The van der Waals surface area contributed by atoms with E-state index in [9.17, 15) is 32.1 Å². The summed E-state index contributed by atoms with van der Waals surface area (Å²) in [4.78, 5) is 9.43. The number of hydrogen-bond donors (Lipinski definition) is 0. The molecule has 0 unspecified atom stereocenters. The van der Waals surface area contributed by atoms with Gasteiger partial charge < -0.3 is 13.3 Å². The molecule has 0 fully saturated rings. The van der Waals surface area contributed by atoms with E-state index in [0.717, 1.165) is 61.9 Å². The Balaban J connectivity index is 0.000000345. The Kier molecular flexibility index (Phi) is 33.8. The zero-order valence-corrected chi connectivity index (χ0v) is 57.0. The minimum absolute atomic E-state index is 0.109. The predicted octanol–water partition coefficient (Wildman–Crippen LogP) is 26.8. The van der Waals surface area contributed by atoms with Crippen molar-refractivity contribution >= 4 is 63.1 Å². The molecule has 478 valence electrons. The molecule has 0 atom stereocenters. The second kappa shape index (κ2) is 38.2. The van der Waals surface area contributed by atoms with Crippen molar-refractivity contribution in [2.75, 3.05) is 0 Å². The molecule has 3 heterocycles. The number of rotatable bonds is 9. The molecule has 0 saturated heterocycles. The molecule has 3 aromatic heterocycles. The van der Waals surface area contributed by atoms with Gasteiger partial charge in [-0.25, -0.2) is 8.78 Å². The highest BCUT2D eigenvalue weighted by Gasteiger charge is 2.38. The van der Waals surface area contributed by atoms with E-state index in [1.807, 2.05) is 108 Å². The van der Waals surface area contributed by atoms with Gasteiger partial charge >= 0.3 is 6.18 Å². The summed E-state index contributed by atoms with van der Waals surface area (Å²) in [6.07, 6.45) is -3.00. The van der Waals surface area contributed by atoms with E-state index in [2.05, 4.69) is 99.6 Å². The molecule has 0 spiro atoms. The Bertz CT molecular complexity index is 3440. The van der Waals surface area contributed by atoms with Crippen LogP contribution in [0, 0.1) is 35.6 Å². The number of nitrogens with zero attached hydrogens (tertiary/aromatic N) is 1. The minimum Gasteiger partial charge on any atom is -0.469 e. The average Bonchev–Trinajstić information content (AvgIpc) is 1.37. The molecule has 0 N–H and O–H groups in total. The Morgan fingerprint density at radius 3 is 1.42 bits per heavy atom. The monoisotopic (exact) mass is 1290 g/mol. The van der Waals surface area contributed by atoms with Crippen LogP contribution >= 0.6 is 46.4 Å². The molecular weight excluding hydrogens is 1210 g/mol. The summed E-state index contributed by atoms with van der Waals surface area (Å²) < 4.78 is 79.8. The van der Waals surface area contributed by atoms with E-state index < -0.39 is 22.4 Å². The first kappa shape index (κ1) is 77.7. The van der Waals surface area contributed by atoms with Crippen LogP contribution in [0.3, 0.4) is 0 Å². The first-order valence-corrected chi connectivity index (χ1v) is 30.9. The number of benzene rings is 6. The molecule has 0 aliphatic heterocycles. The number of halogens is 9. The molecule has 6 nitrogen and oxygen atoms in total. The van der Waals surface area contributed by atoms with Gasteiger partial charge in [0, 0.05) is 44.3 Å². The van der Waals surface area contributed by atoms with Crippen LogP contribution in [0.4, 0.5) is 27.6 Å². The lowest BCUT2D eigenvalue weighted by Crippen LogP contribution is -2.09. The normalized spacial score (nSPS) is 10.9. The first-order valence-electron chi connectivity index (χ1n) is 29.4. The molecule has 0 radical (unpaired) electrons. The van der Waals surface area contributed by atoms with Crippen molar-refractivity contribution in [1.82, 2.24) is 0 Å². The van der Waals surface area contributed by atoms with Gasteiger partial charge in [0.25, 0.3) is 5.69 Å². The van der Waals surface area contributed by atoms with Gasteiger partial charge in [-0.3, -0.25) is 10.1 Å². The first-order chi connectivity index (χ1) is 41.0. The predicted molar refractivity (Wildman–Crippen MR) is 360 cm³/mol. The van der Waals surface area contributed by atoms with E-state index in [0.29, 0.717) is 45.7 Å². The average molecular weight is 1300 g/mol. The second-order valence-corrected chi connectivity index (χ2v) is 25.0. The third kappa shape index (κ3) is 27.6. The molecule has 0 bridgehead atoms. The number of para-hydroxylation sites is 1. The minimum atomic E-state index is -4.70. The molecule has 0 aliphatic rings.